The molecular weight excluding hydrogens is 242 g/mol. The fourth-order valence-electron chi connectivity index (χ4n) is 2.07. The maximum atomic E-state index is 6.10. The maximum absolute atomic E-state index is 6.10. The van der Waals surface area contributed by atoms with Crippen LogP contribution >= 0.6 is 11.6 Å². The van der Waals surface area contributed by atoms with Crippen molar-refractivity contribution in [3.05, 3.63) is 34.9 Å². The highest BCUT2D eigenvalue weighted by Crippen LogP contribution is 2.14. The summed E-state index contributed by atoms with van der Waals surface area (Å²) < 4.78 is 0. The molecule has 0 spiro atoms. The van der Waals surface area contributed by atoms with E-state index in [1.165, 1.54) is 50.5 Å². The molecule has 0 heterocycles. The summed E-state index contributed by atoms with van der Waals surface area (Å²) in [7, 11) is 0. The highest BCUT2D eigenvalue weighted by atomic mass is 35.5. The van der Waals surface area contributed by atoms with E-state index in [1.807, 2.05) is 18.2 Å². The van der Waals surface area contributed by atoms with Crippen molar-refractivity contribution >= 4 is 11.6 Å². The first-order valence-corrected chi connectivity index (χ1v) is 7.66. The molecule has 1 aromatic rings. The lowest BCUT2D eigenvalue weighted by Crippen LogP contribution is -2.14. The van der Waals surface area contributed by atoms with Crippen LogP contribution in [0.4, 0.5) is 0 Å². The molecule has 0 atom stereocenters. The van der Waals surface area contributed by atoms with Gasteiger partial charge in [-0.15, -0.1) is 0 Å². The monoisotopic (exact) mass is 267 g/mol. The Balaban J connectivity index is 1.94. The first kappa shape index (κ1) is 15.5. The van der Waals surface area contributed by atoms with Gasteiger partial charge in [-0.3, -0.25) is 0 Å². The molecule has 0 aliphatic rings. The molecule has 0 bridgehead atoms. The van der Waals surface area contributed by atoms with Gasteiger partial charge in [0, 0.05) is 11.6 Å². The van der Waals surface area contributed by atoms with Gasteiger partial charge in [-0.25, -0.2) is 0 Å². The number of hydrogen-bond donors (Lipinski definition) is 1. The Labute approximate surface area is 117 Å². The summed E-state index contributed by atoms with van der Waals surface area (Å²) in [5.74, 6) is 0. The van der Waals surface area contributed by atoms with E-state index in [1.54, 1.807) is 0 Å². The molecule has 18 heavy (non-hydrogen) atoms. The Kier molecular flexibility index (Phi) is 8.97. The fraction of sp³-hybridized carbons (Fsp3) is 0.625. The second-order valence-corrected chi connectivity index (χ2v) is 5.30. The van der Waals surface area contributed by atoms with Gasteiger partial charge in [0.15, 0.2) is 0 Å². The third-order valence-electron chi connectivity index (χ3n) is 3.23. The fourth-order valence-corrected chi connectivity index (χ4v) is 2.27. The van der Waals surface area contributed by atoms with Crippen LogP contribution in [-0.2, 0) is 6.54 Å². The standard InChI is InChI=1S/C16H26ClN/c1-2-3-4-5-6-7-10-13-18-14-15-11-8-9-12-16(15)17/h8-9,11-12,18H,2-7,10,13-14H2,1H3. The van der Waals surface area contributed by atoms with Crippen molar-refractivity contribution in [1.29, 1.82) is 0 Å². The largest absolute Gasteiger partial charge is 0.313 e. The van der Waals surface area contributed by atoms with Crippen LogP contribution in [0, 0.1) is 0 Å². The SMILES string of the molecule is CCCCCCCCCNCc1ccccc1Cl. The molecule has 0 fully saturated rings. The molecule has 0 amide bonds. The Hall–Kier alpha value is -0.530. The first-order chi connectivity index (χ1) is 8.84. The smallest absolute Gasteiger partial charge is 0.0450 e. The zero-order valence-electron chi connectivity index (χ0n) is 11.6. The van der Waals surface area contributed by atoms with Crippen molar-refractivity contribution in [2.24, 2.45) is 0 Å². The number of unbranched alkanes of at least 4 members (excludes halogenated alkanes) is 6. The zero-order valence-corrected chi connectivity index (χ0v) is 12.3. The second-order valence-electron chi connectivity index (χ2n) is 4.89. The van der Waals surface area contributed by atoms with Crippen LogP contribution in [0.15, 0.2) is 24.3 Å². The molecule has 0 unspecified atom stereocenters. The van der Waals surface area contributed by atoms with E-state index in [-0.39, 0.29) is 0 Å². The van der Waals surface area contributed by atoms with Crippen molar-refractivity contribution < 1.29 is 0 Å². The lowest BCUT2D eigenvalue weighted by atomic mass is 10.1. The van der Waals surface area contributed by atoms with E-state index in [2.05, 4.69) is 18.3 Å². The number of hydrogen-bond acceptors (Lipinski definition) is 1. The van der Waals surface area contributed by atoms with Crippen molar-refractivity contribution in [2.45, 2.75) is 58.4 Å². The van der Waals surface area contributed by atoms with Gasteiger partial charge >= 0.3 is 0 Å². The van der Waals surface area contributed by atoms with Crippen molar-refractivity contribution in [2.75, 3.05) is 6.54 Å². The van der Waals surface area contributed by atoms with E-state index >= 15 is 0 Å². The van der Waals surface area contributed by atoms with E-state index in [4.69, 9.17) is 11.6 Å². The summed E-state index contributed by atoms with van der Waals surface area (Å²) in [6.45, 7) is 4.24. The molecule has 0 aliphatic heterocycles. The summed E-state index contributed by atoms with van der Waals surface area (Å²) in [4.78, 5) is 0. The molecule has 0 saturated carbocycles. The van der Waals surface area contributed by atoms with Gasteiger partial charge in [-0.1, -0.05) is 75.2 Å². The Bertz CT molecular complexity index is 312. The van der Waals surface area contributed by atoms with Crippen LogP contribution in [-0.4, -0.2) is 6.54 Å². The lowest BCUT2D eigenvalue weighted by Gasteiger charge is -2.06. The molecule has 0 aromatic heterocycles. The average molecular weight is 268 g/mol. The number of rotatable bonds is 10. The van der Waals surface area contributed by atoms with Gasteiger partial charge in [0.25, 0.3) is 0 Å². The van der Waals surface area contributed by atoms with Gasteiger partial charge in [0.1, 0.15) is 0 Å². The minimum absolute atomic E-state index is 0.865. The second kappa shape index (κ2) is 10.4. The third-order valence-corrected chi connectivity index (χ3v) is 3.60. The minimum Gasteiger partial charge on any atom is -0.313 e. The molecule has 1 N–H and O–H groups in total. The normalized spacial score (nSPS) is 10.8. The molecule has 1 nitrogen and oxygen atoms in total. The summed E-state index contributed by atoms with van der Waals surface area (Å²) >= 11 is 6.10. The molecule has 0 radical (unpaired) electrons. The zero-order chi connectivity index (χ0) is 13.1. The molecule has 2 heteroatoms. The van der Waals surface area contributed by atoms with Gasteiger partial charge < -0.3 is 5.32 Å². The first-order valence-electron chi connectivity index (χ1n) is 7.28. The van der Waals surface area contributed by atoms with E-state index in [0.717, 1.165) is 18.1 Å². The van der Waals surface area contributed by atoms with Crippen LogP contribution in [0.2, 0.25) is 5.02 Å². The van der Waals surface area contributed by atoms with Gasteiger partial charge in [0.05, 0.1) is 0 Å². The molecule has 0 saturated heterocycles. The topological polar surface area (TPSA) is 12.0 Å². The molecular formula is C16H26ClN. The van der Waals surface area contributed by atoms with Crippen LogP contribution in [0.1, 0.15) is 57.4 Å². The van der Waals surface area contributed by atoms with Crippen LogP contribution in [0.3, 0.4) is 0 Å². The van der Waals surface area contributed by atoms with Crippen LogP contribution < -0.4 is 5.32 Å². The molecule has 1 rings (SSSR count). The maximum Gasteiger partial charge on any atom is 0.0450 e. The predicted octanol–water partition coefficient (Wildman–Crippen LogP) is 5.18. The summed E-state index contributed by atoms with van der Waals surface area (Å²) in [6, 6.07) is 8.05. The molecule has 1 aromatic carbocycles. The predicted molar refractivity (Wildman–Crippen MR) is 81.2 cm³/mol. The minimum atomic E-state index is 0.865. The van der Waals surface area contributed by atoms with E-state index in [0.29, 0.717) is 0 Å². The van der Waals surface area contributed by atoms with E-state index < -0.39 is 0 Å². The Morgan fingerprint density at radius 2 is 1.61 bits per heavy atom. The van der Waals surface area contributed by atoms with Crippen molar-refractivity contribution in [3.63, 3.8) is 0 Å². The highest BCUT2D eigenvalue weighted by Gasteiger charge is 1.97. The summed E-state index contributed by atoms with van der Waals surface area (Å²) in [5.41, 5.74) is 1.20. The Morgan fingerprint density at radius 3 is 2.33 bits per heavy atom. The average Bonchev–Trinajstić information content (AvgIpc) is 2.39. The number of benzene rings is 1. The highest BCUT2D eigenvalue weighted by molar-refractivity contribution is 6.31. The van der Waals surface area contributed by atoms with Crippen LogP contribution in [0.25, 0.3) is 0 Å². The lowest BCUT2D eigenvalue weighted by molar-refractivity contribution is 0.562. The number of nitrogens with one attached hydrogen (secondary N) is 1. The van der Waals surface area contributed by atoms with E-state index in [9.17, 15) is 0 Å². The summed E-state index contributed by atoms with van der Waals surface area (Å²) in [6.07, 6.45) is 9.54. The quantitative estimate of drug-likeness (QED) is 0.576. The van der Waals surface area contributed by atoms with Gasteiger partial charge in [0.2, 0.25) is 0 Å². The van der Waals surface area contributed by atoms with Gasteiger partial charge in [-0.2, -0.15) is 0 Å². The molecule has 0 aliphatic carbocycles. The Morgan fingerprint density at radius 1 is 0.944 bits per heavy atom. The van der Waals surface area contributed by atoms with Gasteiger partial charge in [-0.05, 0) is 24.6 Å². The number of halogens is 1. The summed E-state index contributed by atoms with van der Waals surface area (Å²) in [5, 5.41) is 4.33. The van der Waals surface area contributed by atoms with Crippen LogP contribution in [0.5, 0.6) is 0 Å². The molecule has 102 valence electrons. The third kappa shape index (κ3) is 7.03. The van der Waals surface area contributed by atoms with Crippen molar-refractivity contribution in [3.8, 4) is 0 Å². The van der Waals surface area contributed by atoms with Crippen molar-refractivity contribution in [1.82, 2.24) is 5.32 Å².